The maximum Gasteiger partial charge on any atom is 0.0537 e. The molecule has 0 radical (unpaired) electrons. The molecule has 0 fully saturated rings. The van der Waals surface area contributed by atoms with Gasteiger partial charge in [0.15, 0.2) is 0 Å². The van der Waals surface area contributed by atoms with Gasteiger partial charge in [-0.05, 0) is 93.3 Å². The standard InChI is InChI=1S/C41H34N4/c1-28-36-13-6-7-16-40(36)45(39(28)23-24-42)35-21-18-29(19-22-35)33-17-20-34(44-27-33)12-8-11-32(26-43)41-37-14-4-2-9-30(37)25-31-10-3-5-15-38(31)41/h2-11,13-27H,12,42-43H2,1H3/b11-8-,24-23-,32-26+. The van der Waals surface area contributed by atoms with E-state index in [2.05, 4.69) is 139 Å². The number of hydrogen-bond donors (Lipinski definition) is 2. The van der Waals surface area contributed by atoms with Gasteiger partial charge < -0.3 is 16.0 Å². The molecule has 0 aliphatic carbocycles. The average molecular weight is 583 g/mol. The van der Waals surface area contributed by atoms with Crippen molar-refractivity contribution >= 4 is 44.1 Å². The molecule has 7 aromatic rings. The molecule has 4 nitrogen and oxygen atoms in total. The summed E-state index contributed by atoms with van der Waals surface area (Å²) < 4.78 is 2.26. The first-order valence-electron chi connectivity index (χ1n) is 15.2. The van der Waals surface area contributed by atoms with Gasteiger partial charge in [-0.1, -0.05) is 97.1 Å². The number of nitrogens with zero attached hydrogens (tertiary/aromatic N) is 2. The van der Waals surface area contributed by atoms with Crippen LogP contribution in [-0.4, -0.2) is 9.55 Å². The third-order valence-corrected chi connectivity index (χ3v) is 8.58. The molecular weight excluding hydrogens is 548 g/mol. The van der Waals surface area contributed by atoms with Gasteiger partial charge in [-0.2, -0.15) is 0 Å². The van der Waals surface area contributed by atoms with E-state index in [1.165, 1.54) is 32.5 Å². The number of aromatic nitrogens is 2. The quantitative estimate of drug-likeness (QED) is 0.145. The van der Waals surface area contributed by atoms with Gasteiger partial charge in [-0.3, -0.25) is 4.98 Å². The van der Waals surface area contributed by atoms with Gasteiger partial charge in [0.05, 0.1) is 11.2 Å². The lowest BCUT2D eigenvalue weighted by Crippen LogP contribution is -1.97. The first kappa shape index (κ1) is 27.9. The largest absolute Gasteiger partial charge is 0.405 e. The van der Waals surface area contributed by atoms with E-state index in [0.717, 1.165) is 44.9 Å². The van der Waals surface area contributed by atoms with Gasteiger partial charge in [-0.25, -0.2) is 0 Å². The molecule has 0 spiro atoms. The highest BCUT2D eigenvalue weighted by Gasteiger charge is 2.14. The van der Waals surface area contributed by atoms with Gasteiger partial charge in [0.2, 0.25) is 0 Å². The van der Waals surface area contributed by atoms with Gasteiger partial charge in [0, 0.05) is 41.1 Å². The fraction of sp³-hybridized carbons (Fsp3) is 0.0488. The van der Waals surface area contributed by atoms with Crippen molar-refractivity contribution in [2.75, 3.05) is 0 Å². The monoisotopic (exact) mass is 582 g/mol. The van der Waals surface area contributed by atoms with Crippen LogP contribution in [0.2, 0.25) is 0 Å². The van der Waals surface area contributed by atoms with Crippen molar-refractivity contribution in [1.82, 2.24) is 9.55 Å². The van der Waals surface area contributed by atoms with Gasteiger partial charge in [0.1, 0.15) is 0 Å². The smallest absolute Gasteiger partial charge is 0.0537 e. The minimum absolute atomic E-state index is 0.705. The molecule has 7 rings (SSSR count). The summed E-state index contributed by atoms with van der Waals surface area (Å²) in [6, 6.07) is 40.5. The Bertz CT molecular complexity index is 2200. The molecule has 0 bridgehead atoms. The number of allylic oxidation sites excluding steroid dienone is 3. The molecule has 0 aliphatic rings. The van der Waals surface area contributed by atoms with Gasteiger partial charge in [0.25, 0.3) is 0 Å². The maximum atomic E-state index is 6.21. The lowest BCUT2D eigenvalue weighted by atomic mass is 9.92. The molecule has 4 heteroatoms. The van der Waals surface area contributed by atoms with Crippen LogP contribution < -0.4 is 11.5 Å². The molecule has 0 unspecified atom stereocenters. The Balaban J connectivity index is 1.12. The minimum atomic E-state index is 0.705. The Morgan fingerprint density at radius 1 is 0.733 bits per heavy atom. The van der Waals surface area contributed by atoms with Crippen LogP contribution in [-0.2, 0) is 6.42 Å². The van der Waals surface area contributed by atoms with E-state index in [1.54, 1.807) is 12.4 Å². The van der Waals surface area contributed by atoms with Crippen LogP contribution in [0.3, 0.4) is 0 Å². The number of rotatable bonds is 7. The van der Waals surface area contributed by atoms with E-state index in [-0.39, 0.29) is 0 Å². The van der Waals surface area contributed by atoms with Crippen molar-refractivity contribution in [1.29, 1.82) is 0 Å². The summed E-state index contributed by atoms with van der Waals surface area (Å²) in [4.78, 5) is 4.78. The highest BCUT2D eigenvalue weighted by molar-refractivity contribution is 6.10. The zero-order chi connectivity index (χ0) is 30.8. The molecule has 45 heavy (non-hydrogen) atoms. The van der Waals surface area contributed by atoms with E-state index in [0.29, 0.717) is 6.42 Å². The van der Waals surface area contributed by atoms with Crippen LogP contribution in [0.1, 0.15) is 22.5 Å². The van der Waals surface area contributed by atoms with Crippen LogP contribution in [0, 0.1) is 6.92 Å². The summed E-state index contributed by atoms with van der Waals surface area (Å²) in [6.07, 6.45) is 12.2. The molecule has 0 saturated heterocycles. The summed E-state index contributed by atoms with van der Waals surface area (Å²) >= 11 is 0. The molecule has 0 amide bonds. The minimum Gasteiger partial charge on any atom is -0.405 e. The van der Waals surface area contributed by atoms with E-state index >= 15 is 0 Å². The average Bonchev–Trinajstić information content (AvgIpc) is 3.37. The Morgan fingerprint density at radius 3 is 2.02 bits per heavy atom. The van der Waals surface area contributed by atoms with Crippen molar-refractivity contribution in [3.05, 3.63) is 169 Å². The predicted octanol–water partition coefficient (Wildman–Crippen LogP) is 9.34. The molecular formula is C41H34N4. The van der Waals surface area contributed by atoms with E-state index < -0.39 is 0 Å². The van der Waals surface area contributed by atoms with Crippen LogP contribution in [0.4, 0.5) is 0 Å². The topological polar surface area (TPSA) is 69.9 Å². The lowest BCUT2D eigenvalue weighted by Gasteiger charge is -2.12. The van der Waals surface area contributed by atoms with Crippen LogP contribution >= 0.6 is 0 Å². The number of fused-ring (bicyclic) bond motifs is 3. The van der Waals surface area contributed by atoms with Gasteiger partial charge in [-0.15, -0.1) is 0 Å². The molecule has 2 heterocycles. The third-order valence-electron chi connectivity index (χ3n) is 8.58. The van der Waals surface area contributed by atoms with Crippen LogP contribution in [0.15, 0.2) is 146 Å². The Labute approximate surface area is 263 Å². The summed E-state index contributed by atoms with van der Waals surface area (Å²) in [7, 11) is 0. The fourth-order valence-electron chi connectivity index (χ4n) is 6.36. The number of hydrogen-bond acceptors (Lipinski definition) is 3. The Morgan fingerprint density at radius 2 is 1.38 bits per heavy atom. The number of para-hydroxylation sites is 1. The Kier molecular flexibility index (Phi) is 7.46. The van der Waals surface area contributed by atoms with Crippen molar-refractivity contribution in [3.8, 4) is 16.8 Å². The molecule has 0 atom stereocenters. The van der Waals surface area contributed by atoms with E-state index in [4.69, 9.17) is 16.5 Å². The molecule has 0 saturated carbocycles. The Hall–Kier alpha value is -5.87. The molecule has 0 aliphatic heterocycles. The van der Waals surface area contributed by atoms with Crippen molar-refractivity contribution in [3.63, 3.8) is 0 Å². The molecule has 218 valence electrons. The van der Waals surface area contributed by atoms with Crippen LogP contribution in [0.25, 0.3) is 60.9 Å². The highest BCUT2D eigenvalue weighted by Crippen LogP contribution is 2.34. The zero-order valence-electron chi connectivity index (χ0n) is 25.2. The fourth-order valence-corrected chi connectivity index (χ4v) is 6.36. The van der Waals surface area contributed by atoms with Gasteiger partial charge >= 0.3 is 0 Å². The van der Waals surface area contributed by atoms with Crippen molar-refractivity contribution in [2.45, 2.75) is 13.3 Å². The predicted molar refractivity (Wildman–Crippen MR) is 191 cm³/mol. The number of pyridine rings is 1. The molecule has 2 aromatic heterocycles. The van der Waals surface area contributed by atoms with Crippen LogP contribution in [0.5, 0.6) is 0 Å². The summed E-state index contributed by atoms with van der Waals surface area (Å²) in [5, 5.41) is 6.02. The number of benzene rings is 5. The SMILES string of the molecule is Cc1c(/C=C\N)n(-c2ccc(-c3ccc(C/C=C\C(=C/N)c4c5ccccc5cc5ccccc45)nc3)cc2)c2ccccc12. The van der Waals surface area contributed by atoms with E-state index in [1.807, 2.05) is 12.3 Å². The highest BCUT2D eigenvalue weighted by atomic mass is 15.0. The first-order chi connectivity index (χ1) is 22.2. The van der Waals surface area contributed by atoms with Crippen molar-refractivity contribution < 1.29 is 0 Å². The second-order valence-electron chi connectivity index (χ2n) is 11.2. The van der Waals surface area contributed by atoms with E-state index in [9.17, 15) is 0 Å². The van der Waals surface area contributed by atoms with Crippen molar-refractivity contribution in [2.24, 2.45) is 11.5 Å². The summed E-state index contributed by atoms with van der Waals surface area (Å²) in [5.74, 6) is 0. The second-order valence-corrected chi connectivity index (χ2v) is 11.2. The molecule has 5 aromatic carbocycles. The zero-order valence-corrected chi connectivity index (χ0v) is 25.2. The number of nitrogens with two attached hydrogens (primary N) is 2. The molecule has 4 N–H and O–H groups in total. The summed E-state index contributed by atoms with van der Waals surface area (Å²) in [5.41, 5.74) is 21.9. The normalized spacial score (nSPS) is 12.3. The number of aryl methyl sites for hydroxylation is 1. The first-order valence-corrected chi connectivity index (χ1v) is 15.2. The third kappa shape index (κ3) is 5.17. The summed E-state index contributed by atoms with van der Waals surface area (Å²) in [6.45, 7) is 2.14. The second kappa shape index (κ2) is 12.0. The lowest BCUT2D eigenvalue weighted by molar-refractivity contribution is 1.09. The maximum absolute atomic E-state index is 6.21.